The van der Waals surface area contributed by atoms with Crippen LogP contribution in [-0.4, -0.2) is 43.4 Å². The van der Waals surface area contributed by atoms with E-state index in [4.69, 9.17) is 14.6 Å². The molecule has 1 aromatic carbocycles. The lowest BCUT2D eigenvalue weighted by Crippen LogP contribution is -2.40. The summed E-state index contributed by atoms with van der Waals surface area (Å²) in [6.07, 6.45) is 0.246. The molecule has 3 N–H and O–H groups in total. The summed E-state index contributed by atoms with van der Waals surface area (Å²) >= 11 is 0. The van der Waals surface area contributed by atoms with E-state index in [0.717, 1.165) is 5.75 Å². The van der Waals surface area contributed by atoms with Crippen LogP contribution in [0.3, 0.4) is 0 Å². The number of amides is 2. The Morgan fingerprint density at radius 2 is 1.82 bits per heavy atom. The summed E-state index contributed by atoms with van der Waals surface area (Å²) in [6.45, 7) is 2.51. The van der Waals surface area contributed by atoms with E-state index in [1.165, 1.54) is 0 Å². The fourth-order valence-electron chi connectivity index (χ4n) is 1.67. The van der Waals surface area contributed by atoms with E-state index >= 15 is 0 Å². The maximum absolute atomic E-state index is 11.5. The van der Waals surface area contributed by atoms with Gasteiger partial charge in [0.25, 0.3) is 0 Å². The monoisotopic (exact) mass is 310 g/mol. The van der Waals surface area contributed by atoms with Crippen molar-refractivity contribution in [1.29, 1.82) is 0 Å². The van der Waals surface area contributed by atoms with Gasteiger partial charge in [0.2, 0.25) is 0 Å². The van der Waals surface area contributed by atoms with Gasteiger partial charge in [0, 0.05) is 13.0 Å². The fraction of sp³-hybridized carbons (Fsp3) is 0.467. The zero-order valence-electron chi connectivity index (χ0n) is 12.8. The summed E-state index contributed by atoms with van der Waals surface area (Å²) in [7, 11) is 1.59. The van der Waals surface area contributed by atoms with Crippen LogP contribution in [0.5, 0.6) is 11.5 Å². The number of carboxylic acids is 1. The number of carbonyl (C=O) groups is 2. The van der Waals surface area contributed by atoms with Crippen molar-refractivity contribution in [2.24, 2.45) is 0 Å². The summed E-state index contributed by atoms with van der Waals surface area (Å²) in [6, 6.07) is 6.84. The van der Waals surface area contributed by atoms with Gasteiger partial charge in [0.1, 0.15) is 17.6 Å². The number of ether oxygens (including phenoxy) is 2. The van der Waals surface area contributed by atoms with E-state index in [-0.39, 0.29) is 18.6 Å². The van der Waals surface area contributed by atoms with Crippen molar-refractivity contribution < 1.29 is 24.2 Å². The lowest BCUT2D eigenvalue weighted by molar-refractivity contribution is -0.137. The van der Waals surface area contributed by atoms with Gasteiger partial charge in [-0.25, -0.2) is 4.79 Å². The molecule has 7 heteroatoms. The highest BCUT2D eigenvalue weighted by molar-refractivity contribution is 5.73. The average Bonchev–Trinajstić information content (AvgIpc) is 2.50. The van der Waals surface area contributed by atoms with Crippen LogP contribution in [0, 0.1) is 0 Å². The van der Waals surface area contributed by atoms with E-state index in [0.29, 0.717) is 25.3 Å². The third-order valence-corrected chi connectivity index (χ3v) is 2.80. The number of urea groups is 1. The number of benzene rings is 1. The molecule has 7 nitrogen and oxygen atoms in total. The van der Waals surface area contributed by atoms with Crippen molar-refractivity contribution in [3.63, 3.8) is 0 Å². The van der Waals surface area contributed by atoms with Gasteiger partial charge in [-0.2, -0.15) is 0 Å². The number of hydrogen-bond donors (Lipinski definition) is 3. The number of carboxylic acid groups (broad SMARTS) is 1. The van der Waals surface area contributed by atoms with Crippen molar-refractivity contribution >= 4 is 12.0 Å². The minimum Gasteiger partial charge on any atom is -0.497 e. The molecule has 0 bridgehead atoms. The Labute approximate surface area is 129 Å². The molecule has 1 rings (SSSR count). The zero-order valence-corrected chi connectivity index (χ0v) is 12.8. The first-order valence-electron chi connectivity index (χ1n) is 7.05. The molecule has 0 aliphatic heterocycles. The van der Waals surface area contributed by atoms with Gasteiger partial charge in [-0.15, -0.1) is 0 Å². The Bertz CT molecular complexity index is 475. The van der Waals surface area contributed by atoms with E-state index in [9.17, 15) is 9.59 Å². The van der Waals surface area contributed by atoms with E-state index < -0.39 is 5.97 Å². The van der Waals surface area contributed by atoms with Crippen molar-refractivity contribution in [3.05, 3.63) is 24.3 Å². The number of aliphatic carboxylic acids is 1. The Kier molecular flexibility index (Phi) is 7.60. The van der Waals surface area contributed by atoms with Crippen LogP contribution in [0.25, 0.3) is 0 Å². The highest BCUT2D eigenvalue weighted by Gasteiger charge is 2.07. The molecule has 0 radical (unpaired) electrons. The molecule has 0 saturated heterocycles. The van der Waals surface area contributed by atoms with Crippen LogP contribution in [0.1, 0.15) is 19.8 Å². The lowest BCUT2D eigenvalue weighted by atomic mass is 10.3. The maximum atomic E-state index is 11.5. The third kappa shape index (κ3) is 7.37. The van der Waals surface area contributed by atoms with Crippen molar-refractivity contribution in [2.45, 2.75) is 25.9 Å². The topological polar surface area (TPSA) is 96.9 Å². The Morgan fingerprint density at radius 3 is 2.41 bits per heavy atom. The number of hydrogen-bond acceptors (Lipinski definition) is 4. The number of methoxy groups -OCH3 is 1. The molecule has 0 spiro atoms. The van der Waals surface area contributed by atoms with E-state index in [2.05, 4.69) is 10.6 Å². The minimum atomic E-state index is -0.872. The maximum Gasteiger partial charge on any atom is 0.314 e. The smallest absolute Gasteiger partial charge is 0.314 e. The first-order chi connectivity index (χ1) is 10.5. The van der Waals surface area contributed by atoms with Crippen LogP contribution < -0.4 is 20.1 Å². The molecular weight excluding hydrogens is 288 g/mol. The highest BCUT2D eigenvalue weighted by Crippen LogP contribution is 2.17. The number of carbonyl (C=O) groups excluding carboxylic acids is 1. The predicted octanol–water partition coefficient (Wildman–Crippen LogP) is 1.63. The van der Waals surface area contributed by atoms with Gasteiger partial charge >= 0.3 is 12.0 Å². The summed E-state index contributed by atoms with van der Waals surface area (Å²) in [5.41, 5.74) is 0. The number of nitrogens with one attached hydrogen (secondary N) is 2. The largest absolute Gasteiger partial charge is 0.497 e. The predicted molar refractivity (Wildman–Crippen MR) is 81.4 cm³/mol. The van der Waals surface area contributed by atoms with Gasteiger partial charge < -0.3 is 25.2 Å². The molecule has 1 unspecified atom stereocenters. The Morgan fingerprint density at radius 1 is 1.18 bits per heavy atom. The number of rotatable bonds is 9. The van der Waals surface area contributed by atoms with E-state index in [1.807, 2.05) is 6.92 Å². The lowest BCUT2D eigenvalue weighted by Gasteiger charge is -2.16. The van der Waals surface area contributed by atoms with Gasteiger partial charge in [-0.3, -0.25) is 4.79 Å². The van der Waals surface area contributed by atoms with Crippen LogP contribution in [0.15, 0.2) is 24.3 Å². The average molecular weight is 310 g/mol. The molecular formula is C15H22N2O5. The van der Waals surface area contributed by atoms with Crippen LogP contribution >= 0.6 is 0 Å². The van der Waals surface area contributed by atoms with Gasteiger partial charge in [0.15, 0.2) is 0 Å². The van der Waals surface area contributed by atoms with Gasteiger partial charge in [-0.1, -0.05) is 0 Å². The zero-order chi connectivity index (χ0) is 16.4. The molecule has 0 fully saturated rings. The molecule has 0 heterocycles. The molecule has 1 aromatic rings. The Hall–Kier alpha value is -2.44. The van der Waals surface area contributed by atoms with Crippen LogP contribution in [0.4, 0.5) is 4.79 Å². The van der Waals surface area contributed by atoms with Crippen LogP contribution in [-0.2, 0) is 4.79 Å². The molecule has 0 saturated carbocycles. The first-order valence-corrected chi connectivity index (χ1v) is 7.05. The van der Waals surface area contributed by atoms with Crippen molar-refractivity contribution in [2.75, 3.05) is 20.2 Å². The fourth-order valence-corrected chi connectivity index (χ4v) is 1.67. The minimum absolute atomic E-state index is 0.0390. The first kappa shape index (κ1) is 17.6. The second kappa shape index (κ2) is 9.49. The molecule has 22 heavy (non-hydrogen) atoms. The van der Waals surface area contributed by atoms with Gasteiger partial charge in [0.05, 0.1) is 13.7 Å². The molecule has 122 valence electrons. The summed E-state index contributed by atoms with van der Waals surface area (Å²) in [4.78, 5) is 21.8. The SMILES string of the molecule is COc1ccc(OC(C)CNC(=O)NCCCC(=O)O)cc1. The second-order valence-corrected chi connectivity index (χ2v) is 4.74. The standard InChI is InChI=1S/C15H22N2O5/c1-11(22-13-7-5-12(21-2)6-8-13)10-17-15(20)16-9-3-4-14(18)19/h5-8,11H,3-4,9-10H2,1-2H3,(H,18,19)(H2,16,17,20). The third-order valence-electron chi connectivity index (χ3n) is 2.80. The molecule has 0 aliphatic carbocycles. The van der Waals surface area contributed by atoms with Crippen molar-refractivity contribution in [1.82, 2.24) is 10.6 Å². The van der Waals surface area contributed by atoms with E-state index in [1.54, 1.807) is 31.4 Å². The van der Waals surface area contributed by atoms with Gasteiger partial charge in [-0.05, 0) is 37.6 Å². The quantitative estimate of drug-likeness (QED) is 0.602. The summed E-state index contributed by atoms with van der Waals surface area (Å²) in [5.74, 6) is 0.569. The molecule has 0 aromatic heterocycles. The normalized spacial score (nSPS) is 11.4. The highest BCUT2D eigenvalue weighted by atomic mass is 16.5. The molecule has 1 atom stereocenters. The summed E-state index contributed by atoms with van der Waals surface area (Å²) < 4.78 is 10.7. The molecule has 0 aliphatic rings. The van der Waals surface area contributed by atoms with Crippen LogP contribution in [0.2, 0.25) is 0 Å². The Balaban J connectivity index is 2.20. The molecule has 2 amide bonds. The second-order valence-electron chi connectivity index (χ2n) is 4.74. The summed E-state index contributed by atoms with van der Waals surface area (Å²) in [5, 5.41) is 13.7. The van der Waals surface area contributed by atoms with Crippen molar-refractivity contribution in [3.8, 4) is 11.5 Å².